The number of halogens is 2. The lowest BCUT2D eigenvalue weighted by Crippen LogP contribution is -2.23. The number of hydrogen-bond acceptors (Lipinski definition) is 4. The van der Waals surface area contributed by atoms with Crippen LogP contribution in [0.25, 0.3) is 0 Å². The Labute approximate surface area is 185 Å². The fourth-order valence-electron chi connectivity index (χ4n) is 2.92. The molecule has 1 heterocycles. The van der Waals surface area contributed by atoms with Crippen molar-refractivity contribution >= 4 is 29.1 Å². The van der Waals surface area contributed by atoms with Crippen molar-refractivity contribution in [2.75, 3.05) is 7.11 Å². The fourth-order valence-corrected chi connectivity index (χ4v) is 3.45. The minimum Gasteiger partial charge on any atom is -0.496 e. The van der Waals surface area contributed by atoms with E-state index in [-0.39, 0.29) is 34.7 Å². The maximum atomic E-state index is 12.6. The molecule has 0 unspecified atom stereocenters. The fraction of sp³-hybridized carbons (Fsp3) is 0.217. The molecule has 3 aromatic rings. The molecule has 30 heavy (non-hydrogen) atoms. The first-order valence-electron chi connectivity index (χ1n) is 9.42. The summed E-state index contributed by atoms with van der Waals surface area (Å²) in [4.78, 5) is 16.8. The van der Waals surface area contributed by atoms with E-state index < -0.39 is 0 Å². The van der Waals surface area contributed by atoms with Crippen LogP contribution in [0, 0.1) is 0 Å². The molecule has 1 N–H and O–H groups in total. The van der Waals surface area contributed by atoms with Crippen LogP contribution in [0.15, 0.2) is 54.7 Å². The minimum absolute atomic E-state index is 0.142. The Morgan fingerprint density at radius 1 is 1.13 bits per heavy atom. The number of methoxy groups -OCH3 is 1. The molecule has 7 heteroatoms. The summed E-state index contributed by atoms with van der Waals surface area (Å²) in [6, 6.07) is 14.1. The van der Waals surface area contributed by atoms with E-state index >= 15 is 0 Å². The van der Waals surface area contributed by atoms with E-state index in [1.165, 1.54) is 0 Å². The van der Waals surface area contributed by atoms with Gasteiger partial charge in [0.05, 0.1) is 35.0 Å². The predicted octanol–water partition coefficient (Wildman–Crippen LogP) is 6.24. The van der Waals surface area contributed by atoms with Gasteiger partial charge in [-0.3, -0.25) is 9.78 Å². The second kappa shape index (κ2) is 9.83. The lowest BCUT2D eigenvalue weighted by molar-refractivity contribution is 0.0950. The van der Waals surface area contributed by atoms with Crippen molar-refractivity contribution in [3.63, 3.8) is 0 Å². The lowest BCUT2D eigenvalue weighted by Gasteiger charge is -2.16. The number of pyridine rings is 1. The van der Waals surface area contributed by atoms with Crippen LogP contribution in [0.4, 0.5) is 0 Å². The molecule has 1 amide bonds. The van der Waals surface area contributed by atoms with Crippen LogP contribution >= 0.6 is 23.2 Å². The summed E-state index contributed by atoms with van der Waals surface area (Å²) in [5.74, 6) is 1.44. The van der Waals surface area contributed by atoms with Crippen molar-refractivity contribution in [3.8, 4) is 17.2 Å². The summed E-state index contributed by atoms with van der Waals surface area (Å²) >= 11 is 12.8. The smallest absolute Gasteiger partial charge is 0.253 e. The Balaban J connectivity index is 1.84. The average molecular weight is 445 g/mol. The number of benzene rings is 2. The van der Waals surface area contributed by atoms with E-state index in [1.807, 2.05) is 30.3 Å². The number of nitrogens with one attached hydrogen (secondary N) is 1. The highest BCUT2D eigenvalue weighted by molar-refractivity contribution is 6.39. The van der Waals surface area contributed by atoms with Gasteiger partial charge in [0, 0.05) is 11.8 Å². The molecule has 0 aliphatic heterocycles. The molecule has 1 aromatic heterocycles. The van der Waals surface area contributed by atoms with E-state index in [0.717, 1.165) is 17.0 Å². The molecule has 2 aromatic carbocycles. The Bertz CT molecular complexity index is 1040. The quantitative estimate of drug-likeness (QED) is 0.468. The highest BCUT2D eigenvalue weighted by atomic mass is 35.5. The Morgan fingerprint density at radius 3 is 2.60 bits per heavy atom. The zero-order valence-corrected chi connectivity index (χ0v) is 18.4. The summed E-state index contributed by atoms with van der Waals surface area (Å²) in [7, 11) is 1.63. The summed E-state index contributed by atoms with van der Waals surface area (Å²) in [6.45, 7) is 4.41. The van der Waals surface area contributed by atoms with Gasteiger partial charge in [-0.25, -0.2) is 0 Å². The SMILES string of the molecule is COc1ccc(Oc2c(Cl)ccc(C(=O)NCc3ccccn3)c2Cl)cc1C(C)C. The molecule has 3 rings (SSSR count). The molecule has 156 valence electrons. The third-order valence-corrected chi connectivity index (χ3v) is 5.17. The van der Waals surface area contributed by atoms with Crippen molar-refractivity contribution < 1.29 is 14.3 Å². The van der Waals surface area contributed by atoms with Crippen molar-refractivity contribution in [3.05, 3.63) is 81.6 Å². The molecular formula is C23H22Cl2N2O3. The number of amides is 1. The molecule has 0 fully saturated rings. The standard InChI is InChI=1S/C23H22Cl2N2O3/c1-14(2)18-12-16(7-10-20(18)29-3)30-22-19(24)9-8-17(21(22)25)23(28)27-13-15-6-4-5-11-26-15/h4-12,14H,13H2,1-3H3,(H,27,28). The van der Waals surface area contributed by atoms with Crippen LogP contribution in [-0.4, -0.2) is 18.0 Å². The van der Waals surface area contributed by atoms with Gasteiger partial charge in [-0.2, -0.15) is 0 Å². The van der Waals surface area contributed by atoms with Gasteiger partial charge in [0.1, 0.15) is 11.5 Å². The maximum absolute atomic E-state index is 12.6. The van der Waals surface area contributed by atoms with E-state index in [0.29, 0.717) is 10.8 Å². The summed E-state index contributed by atoms with van der Waals surface area (Å²) in [5, 5.41) is 3.25. The normalized spacial score (nSPS) is 10.7. The molecular weight excluding hydrogens is 423 g/mol. The van der Waals surface area contributed by atoms with Gasteiger partial charge in [0.2, 0.25) is 0 Å². The van der Waals surface area contributed by atoms with Crippen LogP contribution < -0.4 is 14.8 Å². The largest absolute Gasteiger partial charge is 0.496 e. The minimum atomic E-state index is -0.343. The van der Waals surface area contributed by atoms with Crippen LogP contribution in [0.5, 0.6) is 17.2 Å². The number of ether oxygens (including phenoxy) is 2. The Morgan fingerprint density at radius 2 is 1.93 bits per heavy atom. The molecule has 0 saturated heterocycles. The van der Waals surface area contributed by atoms with Crippen molar-refractivity contribution in [1.82, 2.24) is 10.3 Å². The van der Waals surface area contributed by atoms with Crippen molar-refractivity contribution in [2.24, 2.45) is 0 Å². The van der Waals surface area contributed by atoms with Gasteiger partial charge in [-0.1, -0.05) is 43.1 Å². The van der Waals surface area contributed by atoms with Gasteiger partial charge in [-0.15, -0.1) is 0 Å². The number of nitrogens with zero attached hydrogens (tertiary/aromatic N) is 1. The molecule has 0 spiro atoms. The monoisotopic (exact) mass is 444 g/mol. The first-order valence-corrected chi connectivity index (χ1v) is 10.2. The number of carbonyl (C=O) groups is 1. The summed E-state index contributed by atoms with van der Waals surface area (Å²) in [5.41, 5.74) is 2.00. The molecule has 5 nitrogen and oxygen atoms in total. The second-order valence-electron chi connectivity index (χ2n) is 6.90. The van der Waals surface area contributed by atoms with E-state index in [2.05, 4.69) is 24.1 Å². The molecule has 0 aliphatic rings. The van der Waals surface area contributed by atoms with Crippen LogP contribution in [0.3, 0.4) is 0 Å². The molecule has 0 bridgehead atoms. The van der Waals surface area contributed by atoms with Crippen LogP contribution in [0.1, 0.15) is 41.4 Å². The number of carbonyl (C=O) groups excluding carboxylic acids is 1. The first-order chi connectivity index (χ1) is 14.4. The zero-order chi connectivity index (χ0) is 21.7. The van der Waals surface area contributed by atoms with Crippen LogP contribution in [-0.2, 0) is 6.54 Å². The van der Waals surface area contributed by atoms with Gasteiger partial charge in [0.15, 0.2) is 5.75 Å². The second-order valence-corrected chi connectivity index (χ2v) is 7.69. The van der Waals surface area contributed by atoms with E-state index in [4.69, 9.17) is 32.7 Å². The number of rotatable bonds is 7. The van der Waals surface area contributed by atoms with Gasteiger partial charge in [-0.05, 0) is 48.4 Å². The average Bonchev–Trinajstić information content (AvgIpc) is 2.75. The number of aromatic nitrogens is 1. The summed E-state index contributed by atoms with van der Waals surface area (Å²) < 4.78 is 11.4. The highest BCUT2D eigenvalue weighted by Crippen LogP contribution is 2.40. The third kappa shape index (κ3) is 5.04. The van der Waals surface area contributed by atoms with E-state index in [1.54, 1.807) is 31.5 Å². The predicted molar refractivity (Wildman–Crippen MR) is 119 cm³/mol. The molecule has 0 atom stereocenters. The lowest BCUT2D eigenvalue weighted by atomic mass is 10.0. The summed E-state index contributed by atoms with van der Waals surface area (Å²) in [6.07, 6.45) is 1.67. The van der Waals surface area contributed by atoms with Crippen molar-refractivity contribution in [1.29, 1.82) is 0 Å². The maximum Gasteiger partial charge on any atom is 0.253 e. The number of hydrogen-bond donors (Lipinski definition) is 1. The van der Waals surface area contributed by atoms with Gasteiger partial charge in [0.25, 0.3) is 5.91 Å². The Kier molecular flexibility index (Phi) is 7.19. The molecule has 0 radical (unpaired) electrons. The van der Waals surface area contributed by atoms with Crippen molar-refractivity contribution in [2.45, 2.75) is 26.3 Å². The topological polar surface area (TPSA) is 60.5 Å². The Hall–Kier alpha value is -2.76. The molecule has 0 aliphatic carbocycles. The zero-order valence-electron chi connectivity index (χ0n) is 16.9. The van der Waals surface area contributed by atoms with E-state index in [9.17, 15) is 4.79 Å². The van der Waals surface area contributed by atoms with Crippen LogP contribution in [0.2, 0.25) is 10.0 Å². The first kappa shape index (κ1) is 21.9. The van der Waals surface area contributed by atoms with Gasteiger partial charge >= 0.3 is 0 Å². The highest BCUT2D eigenvalue weighted by Gasteiger charge is 2.19. The van der Waals surface area contributed by atoms with Gasteiger partial charge < -0.3 is 14.8 Å². The third-order valence-electron chi connectivity index (χ3n) is 4.49. The molecule has 0 saturated carbocycles.